The van der Waals surface area contributed by atoms with Gasteiger partial charge in [0.05, 0.1) is 12.0 Å². The van der Waals surface area contributed by atoms with Crippen LogP contribution in [0.1, 0.15) is 5.01 Å². The van der Waals surface area contributed by atoms with Crippen LogP contribution in [0.15, 0.2) is 40.8 Å². The molecule has 106 valence electrons. The molecule has 2 aromatic rings. The van der Waals surface area contributed by atoms with Crippen LogP contribution in [0.4, 0.5) is 0 Å². The molecule has 0 aliphatic rings. The maximum atomic E-state index is 9.20. The van der Waals surface area contributed by atoms with E-state index in [-0.39, 0.29) is 0 Å². The molecule has 21 heavy (non-hydrogen) atoms. The van der Waals surface area contributed by atoms with Crippen molar-refractivity contribution in [1.82, 2.24) is 9.88 Å². The molecule has 0 bridgehead atoms. The minimum atomic E-state index is 0.443. The molecule has 0 saturated carbocycles. The Morgan fingerprint density at radius 2 is 2.10 bits per heavy atom. The molecule has 0 unspecified atom stereocenters. The Kier molecular flexibility index (Phi) is 5.09. The van der Waals surface area contributed by atoms with Gasteiger partial charge in [0.1, 0.15) is 16.6 Å². The van der Waals surface area contributed by atoms with Crippen molar-refractivity contribution in [3.63, 3.8) is 0 Å². The number of allylic oxidation sites excluding steroid dienone is 1. The first-order valence-electron chi connectivity index (χ1n) is 6.12. The first-order valence-corrected chi connectivity index (χ1v) is 7.37. The predicted molar refractivity (Wildman–Crippen MR) is 88.3 cm³/mol. The van der Waals surface area contributed by atoms with Gasteiger partial charge in [-0.2, -0.15) is 5.26 Å². The van der Waals surface area contributed by atoms with Crippen LogP contribution in [0.5, 0.6) is 0 Å². The van der Waals surface area contributed by atoms with E-state index in [1.54, 1.807) is 11.2 Å². The summed E-state index contributed by atoms with van der Waals surface area (Å²) in [5.74, 6) is 0. The Labute approximate surface area is 132 Å². The second-order valence-corrected chi connectivity index (χ2v) is 5.72. The van der Waals surface area contributed by atoms with Gasteiger partial charge in [-0.05, 0) is 12.1 Å². The number of benzene rings is 1. The van der Waals surface area contributed by atoms with Crippen molar-refractivity contribution < 1.29 is 0 Å². The molecule has 0 saturated heterocycles. The van der Waals surface area contributed by atoms with Crippen LogP contribution in [0.3, 0.4) is 0 Å². The summed E-state index contributed by atoms with van der Waals surface area (Å²) in [4.78, 5) is 10.4. The summed E-state index contributed by atoms with van der Waals surface area (Å²) in [6, 6.07) is 9.56. The summed E-state index contributed by atoms with van der Waals surface area (Å²) in [5.41, 5.74) is 2.23. The lowest BCUT2D eigenvalue weighted by Gasteiger charge is -1.99. The van der Waals surface area contributed by atoms with E-state index in [1.807, 2.05) is 43.7 Å². The summed E-state index contributed by atoms with van der Waals surface area (Å²) < 4.78 is 0. The molecule has 0 fully saturated rings. The molecule has 0 atom stereocenters. The summed E-state index contributed by atoms with van der Waals surface area (Å²) in [6.45, 7) is 0. The van der Waals surface area contributed by atoms with Gasteiger partial charge < -0.3 is 4.90 Å². The average molecular weight is 317 g/mol. The van der Waals surface area contributed by atoms with Gasteiger partial charge in [0.15, 0.2) is 0 Å². The fourth-order valence-corrected chi connectivity index (χ4v) is 2.44. The first-order chi connectivity index (χ1) is 10.1. The number of hydrogen-bond donors (Lipinski definition) is 0. The van der Waals surface area contributed by atoms with Gasteiger partial charge in [0, 0.05) is 36.3 Å². The molecular weight excluding hydrogens is 304 g/mol. The van der Waals surface area contributed by atoms with Crippen molar-refractivity contribution >= 4 is 34.8 Å². The van der Waals surface area contributed by atoms with Gasteiger partial charge in [0.25, 0.3) is 0 Å². The predicted octanol–water partition coefficient (Wildman–Crippen LogP) is 3.92. The van der Waals surface area contributed by atoms with Gasteiger partial charge in [-0.1, -0.05) is 23.7 Å². The number of thiazole rings is 1. The number of halogens is 1. The summed E-state index contributed by atoms with van der Waals surface area (Å²) in [6.07, 6.45) is 3.15. The van der Waals surface area contributed by atoms with Gasteiger partial charge >= 0.3 is 0 Å². The lowest BCUT2D eigenvalue weighted by molar-refractivity contribution is 0.643. The number of aliphatic imine (C=N–C) groups is 1. The summed E-state index contributed by atoms with van der Waals surface area (Å²) in [5, 5.41) is 12.5. The molecule has 0 radical (unpaired) electrons. The van der Waals surface area contributed by atoms with E-state index in [9.17, 15) is 5.26 Å². The van der Waals surface area contributed by atoms with Crippen molar-refractivity contribution in [2.45, 2.75) is 0 Å². The van der Waals surface area contributed by atoms with Crippen LogP contribution < -0.4 is 0 Å². The highest BCUT2D eigenvalue weighted by Gasteiger charge is 2.08. The highest BCUT2D eigenvalue weighted by Crippen LogP contribution is 2.26. The molecular formula is C15H13ClN4S. The Bertz CT molecular complexity index is 708. The van der Waals surface area contributed by atoms with E-state index in [0.717, 1.165) is 11.3 Å². The van der Waals surface area contributed by atoms with Crippen LogP contribution in [0.2, 0.25) is 5.02 Å². The Morgan fingerprint density at radius 3 is 2.71 bits per heavy atom. The largest absolute Gasteiger partial charge is 0.369 e. The zero-order valence-corrected chi connectivity index (χ0v) is 13.2. The average Bonchev–Trinajstić information content (AvgIpc) is 2.93. The highest BCUT2D eigenvalue weighted by molar-refractivity contribution is 7.11. The zero-order valence-electron chi connectivity index (χ0n) is 11.6. The molecule has 4 nitrogen and oxygen atoms in total. The number of aromatic nitrogens is 1. The molecule has 0 aliphatic carbocycles. The molecule has 0 aliphatic heterocycles. The summed E-state index contributed by atoms with van der Waals surface area (Å²) >= 11 is 7.29. The van der Waals surface area contributed by atoms with E-state index in [1.165, 1.54) is 17.5 Å². The fraction of sp³-hybridized carbons (Fsp3) is 0.133. The van der Waals surface area contributed by atoms with Gasteiger partial charge in [-0.25, -0.2) is 9.98 Å². The second kappa shape index (κ2) is 7.02. The van der Waals surface area contributed by atoms with E-state index >= 15 is 0 Å². The third-order valence-electron chi connectivity index (χ3n) is 2.50. The normalized spacial score (nSPS) is 11.6. The minimum absolute atomic E-state index is 0.443. The van der Waals surface area contributed by atoms with Crippen molar-refractivity contribution in [3.8, 4) is 17.3 Å². The van der Waals surface area contributed by atoms with Gasteiger partial charge in [-0.3, -0.25) is 0 Å². The highest BCUT2D eigenvalue weighted by atomic mass is 35.5. The molecule has 0 N–H and O–H groups in total. The van der Waals surface area contributed by atoms with Gasteiger partial charge in [0.2, 0.25) is 0 Å². The quantitative estimate of drug-likeness (QED) is 0.488. The standard InChI is InChI=1S/C15H13ClN4S/c1-20(2)10-18-8-12(7-17)15-19-14(9-21-15)11-3-5-13(16)6-4-11/h3-6,8-10H,1-2H3/b12-8+,18-10?. The molecule has 1 aromatic carbocycles. The lowest BCUT2D eigenvalue weighted by atomic mass is 10.2. The molecule has 1 heterocycles. The Hall–Kier alpha value is -2.16. The van der Waals surface area contributed by atoms with Crippen LogP contribution in [0, 0.1) is 11.3 Å². The fourth-order valence-electron chi connectivity index (χ4n) is 1.52. The molecule has 2 rings (SSSR count). The Balaban J connectivity index is 2.26. The minimum Gasteiger partial charge on any atom is -0.369 e. The number of rotatable bonds is 4. The monoisotopic (exact) mass is 316 g/mol. The van der Waals surface area contributed by atoms with E-state index in [0.29, 0.717) is 15.6 Å². The number of nitriles is 1. The maximum absolute atomic E-state index is 9.20. The third kappa shape index (κ3) is 4.15. The van der Waals surface area contributed by atoms with Crippen LogP contribution in [0.25, 0.3) is 16.8 Å². The van der Waals surface area contributed by atoms with Crippen molar-refractivity contribution in [3.05, 3.63) is 45.9 Å². The molecule has 6 heteroatoms. The topological polar surface area (TPSA) is 52.3 Å². The van der Waals surface area contributed by atoms with Gasteiger partial charge in [-0.15, -0.1) is 11.3 Å². The van der Waals surface area contributed by atoms with Crippen molar-refractivity contribution in [2.75, 3.05) is 14.1 Å². The van der Waals surface area contributed by atoms with Crippen LogP contribution in [-0.4, -0.2) is 30.3 Å². The first kappa shape index (κ1) is 15.2. The Morgan fingerprint density at radius 1 is 1.38 bits per heavy atom. The van der Waals surface area contributed by atoms with E-state index in [4.69, 9.17) is 11.6 Å². The zero-order chi connectivity index (χ0) is 15.2. The maximum Gasteiger partial charge on any atom is 0.136 e. The molecule has 0 amide bonds. The number of nitrogens with zero attached hydrogens (tertiary/aromatic N) is 4. The summed E-state index contributed by atoms with van der Waals surface area (Å²) in [7, 11) is 3.73. The second-order valence-electron chi connectivity index (χ2n) is 4.43. The van der Waals surface area contributed by atoms with Crippen molar-refractivity contribution in [1.29, 1.82) is 5.26 Å². The molecule has 1 aromatic heterocycles. The van der Waals surface area contributed by atoms with Crippen LogP contribution in [-0.2, 0) is 0 Å². The van der Waals surface area contributed by atoms with E-state index < -0.39 is 0 Å². The number of hydrogen-bond acceptors (Lipinski definition) is 4. The van der Waals surface area contributed by atoms with E-state index in [2.05, 4.69) is 16.0 Å². The third-order valence-corrected chi connectivity index (χ3v) is 3.62. The van der Waals surface area contributed by atoms with Crippen LogP contribution >= 0.6 is 22.9 Å². The lowest BCUT2D eigenvalue weighted by Crippen LogP contribution is -2.06. The SMILES string of the molecule is CN(C)C=N/C=C(\C#N)c1nc(-c2ccc(Cl)cc2)cs1. The van der Waals surface area contributed by atoms with Crippen molar-refractivity contribution in [2.24, 2.45) is 4.99 Å². The smallest absolute Gasteiger partial charge is 0.136 e. The molecule has 0 spiro atoms.